The zero-order valence-electron chi connectivity index (χ0n) is 10.0. The number of furan rings is 1. The van der Waals surface area contributed by atoms with Gasteiger partial charge in [-0.1, -0.05) is 24.6 Å². The Morgan fingerprint density at radius 2 is 2.22 bits per heavy atom. The molecule has 1 aromatic heterocycles. The molecule has 4 heteroatoms. The third-order valence-corrected chi connectivity index (χ3v) is 3.44. The van der Waals surface area contributed by atoms with Crippen LogP contribution in [-0.2, 0) is 16.2 Å². The molecule has 1 amide bonds. The van der Waals surface area contributed by atoms with Crippen molar-refractivity contribution in [3.63, 3.8) is 0 Å². The Hall–Kier alpha value is -1.81. The number of hydrogen-bond acceptors (Lipinski definition) is 3. The van der Waals surface area contributed by atoms with Gasteiger partial charge < -0.3 is 4.42 Å². The molecule has 0 aliphatic heterocycles. The fourth-order valence-electron chi connectivity index (χ4n) is 2.08. The third kappa shape index (κ3) is 2.11. The van der Waals surface area contributed by atoms with Gasteiger partial charge in [0.1, 0.15) is 12.2 Å². The molecular formula is C14H15NO3. The second-order valence-electron chi connectivity index (χ2n) is 4.64. The van der Waals surface area contributed by atoms with Crippen LogP contribution in [0.3, 0.4) is 0 Å². The van der Waals surface area contributed by atoms with E-state index in [9.17, 15) is 4.79 Å². The van der Waals surface area contributed by atoms with Crippen molar-refractivity contribution in [2.24, 2.45) is 5.92 Å². The normalized spacial score (nSPS) is 15.6. The molecule has 18 heavy (non-hydrogen) atoms. The van der Waals surface area contributed by atoms with E-state index in [1.165, 1.54) is 0 Å². The average Bonchev–Trinajstić information content (AvgIpc) is 2.71. The summed E-state index contributed by atoms with van der Waals surface area (Å²) in [7, 11) is 0. The number of hydrogen-bond donors (Lipinski definition) is 1. The molecule has 0 bridgehead atoms. The smallest absolute Gasteiger partial charge is 0.246 e. The maximum absolute atomic E-state index is 11.6. The topological polar surface area (TPSA) is 51.5 Å². The van der Waals surface area contributed by atoms with E-state index in [1.807, 2.05) is 24.3 Å². The second kappa shape index (κ2) is 4.82. The zero-order chi connectivity index (χ0) is 12.4. The highest BCUT2D eigenvalue weighted by Gasteiger charge is 2.25. The van der Waals surface area contributed by atoms with E-state index in [0.29, 0.717) is 6.61 Å². The third-order valence-electron chi connectivity index (χ3n) is 3.44. The van der Waals surface area contributed by atoms with Gasteiger partial charge in [0.15, 0.2) is 0 Å². The van der Waals surface area contributed by atoms with E-state index < -0.39 is 0 Å². The van der Waals surface area contributed by atoms with Gasteiger partial charge in [-0.25, -0.2) is 5.48 Å². The molecule has 1 fully saturated rings. The Kier molecular flexibility index (Phi) is 3.02. The minimum atomic E-state index is -0.00551. The minimum absolute atomic E-state index is 0.00551. The molecule has 94 valence electrons. The highest BCUT2D eigenvalue weighted by molar-refractivity contribution is 5.81. The lowest BCUT2D eigenvalue weighted by atomic mass is 9.85. The predicted molar refractivity (Wildman–Crippen MR) is 66.5 cm³/mol. The van der Waals surface area contributed by atoms with E-state index >= 15 is 0 Å². The number of hydroxylamine groups is 1. The van der Waals surface area contributed by atoms with Crippen LogP contribution in [0.25, 0.3) is 11.0 Å². The van der Waals surface area contributed by atoms with E-state index in [-0.39, 0.29) is 11.8 Å². The van der Waals surface area contributed by atoms with E-state index in [4.69, 9.17) is 9.25 Å². The van der Waals surface area contributed by atoms with Crippen LogP contribution in [0.1, 0.15) is 24.8 Å². The molecule has 1 N–H and O–H groups in total. The molecule has 1 aliphatic rings. The summed E-state index contributed by atoms with van der Waals surface area (Å²) in [6.45, 7) is 0.329. The van der Waals surface area contributed by atoms with Crippen molar-refractivity contribution in [3.05, 3.63) is 36.1 Å². The van der Waals surface area contributed by atoms with Gasteiger partial charge in [-0.2, -0.15) is 0 Å². The Labute approximate surface area is 105 Å². The second-order valence-corrected chi connectivity index (χ2v) is 4.64. The van der Waals surface area contributed by atoms with Gasteiger partial charge in [0.25, 0.3) is 0 Å². The van der Waals surface area contributed by atoms with E-state index in [1.54, 1.807) is 6.26 Å². The quantitative estimate of drug-likeness (QED) is 0.843. The van der Waals surface area contributed by atoms with Gasteiger partial charge >= 0.3 is 0 Å². The molecule has 0 unspecified atom stereocenters. The highest BCUT2D eigenvalue weighted by Crippen LogP contribution is 2.26. The maximum Gasteiger partial charge on any atom is 0.246 e. The van der Waals surface area contributed by atoms with Gasteiger partial charge in [0.2, 0.25) is 5.91 Å². The molecule has 1 aliphatic carbocycles. The lowest BCUT2D eigenvalue weighted by Crippen LogP contribution is -2.34. The van der Waals surface area contributed by atoms with Gasteiger partial charge in [0, 0.05) is 16.9 Å². The van der Waals surface area contributed by atoms with Crippen LogP contribution in [0.15, 0.2) is 34.9 Å². The molecule has 2 aromatic rings. The average molecular weight is 245 g/mol. The summed E-state index contributed by atoms with van der Waals surface area (Å²) in [4.78, 5) is 16.8. The van der Waals surface area contributed by atoms with Crippen molar-refractivity contribution in [1.82, 2.24) is 5.48 Å². The largest absolute Gasteiger partial charge is 0.464 e. The van der Waals surface area contributed by atoms with Gasteiger partial charge in [-0.3, -0.25) is 9.63 Å². The molecule has 0 spiro atoms. The van der Waals surface area contributed by atoms with Gasteiger partial charge in [0.05, 0.1) is 6.26 Å². The van der Waals surface area contributed by atoms with Crippen molar-refractivity contribution in [3.8, 4) is 0 Å². The Balaban J connectivity index is 1.58. The lowest BCUT2D eigenvalue weighted by molar-refractivity contribution is -0.141. The molecule has 3 rings (SSSR count). The summed E-state index contributed by atoms with van der Waals surface area (Å²) in [5.41, 5.74) is 4.29. The molecule has 0 saturated heterocycles. The monoisotopic (exact) mass is 245 g/mol. The van der Waals surface area contributed by atoms with Crippen LogP contribution < -0.4 is 5.48 Å². The van der Waals surface area contributed by atoms with Crippen molar-refractivity contribution < 1.29 is 14.0 Å². The molecule has 0 radical (unpaired) electrons. The number of para-hydroxylation sites is 1. The Morgan fingerprint density at radius 1 is 1.39 bits per heavy atom. The van der Waals surface area contributed by atoms with Crippen LogP contribution >= 0.6 is 0 Å². The number of carbonyl (C=O) groups excluding carboxylic acids is 1. The number of amides is 1. The van der Waals surface area contributed by atoms with Crippen LogP contribution in [-0.4, -0.2) is 5.91 Å². The van der Waals surface area contributed by atoms with Crippen LogP contribution in [0.5, 0.6) is 0 Å². The predicted octanol–water partition coefficient (Wildman–Crippen LogP) is 2.78. The van der Waals surface area contributed by atoms with E-state index in [0.717, 1.165) is 35.8 Å². The number of benzene rings is 1. The highest BCUT2D eigenvalue weighted by atomic mass is 16.6. The van der Waals surface area contributed by atoms with Gasteiger partial charge in [-0.15, -0.1) is 0 Å². The number of rotatable bonds is 4. The van der Waals surface area contributed by atoms with Crippen LogP contribution in [0.4, 0.5) is 0 Å². The molecule has 4 nitrogen and oxygen atoms in total. The maximum atomic E-state index is 11.6. The standard InChI is InChI=1S/C14H15NO3/c16-14(10-4-3-5-10)15-18-9-11-8-17-13-7-2-1-6-12(11)13/h1-2,6-8,10H,3-5,9H2,(H,15,16). The fraction of sp³-hybridized carbons (Fsp3) is 0.357. The number of nitrogens with one attached hydrogen (secondary N) is 1. The molecule has 1 saturated carbocycles. The zero-order valence-corrected chi connectivity index (χ0v) is 10.0. The SMILES string of the molecule is O=C(NOCc1coc2ccccc12)C1CCC1. The first-order valence-corrected chi connectivity index (χ1v) is 6.21. The Morgan fingerprint density at radius 3 is 3.00 bits per heavy atom. The summed E-state index contributed by atoms with van der Waals surface area (Å²) in [6, 6.07) is 7.76. The lowest BCUT2D eigenvalue weighted by Gasteiger charge is -2.23. The van der Waals surface area contributed by atoms with Crippen LogP contribution in [0.2, 0.25) is 0 Å². The number of carbonyl (C=O) groups is 1. The summed E-state index contributed by atoms with van der Waals surface area (Å²) in [5, 5.41) is 1.02. The molecular weight excluding hydrogens is 230 g/mol. The van der Waals surface area contributed by atoms with Crippen molar-refractivity contribution in [1.29, 1.82) is 0 Å². The fourth-order valence-corrected chi connectivity index (χ4v) is 2.08. The van der Waals surface area contributed by atoms with Crippen molar-refractivity contribution >= 4 is 16.9 Å². The summed E-state index contributed by atoms with van der Waals surface area (Å²) in [5.74, 6) is 0.139. The van der Waals surface area contributed by atoms with E-state index in [2.05, 4.69) is 5.48 Å². The van der Waals surface area contributed by atoms with Crippen LogP contribution in [0, 0.1) is 5.92 Å². The first kappa shape index (κ1) is 11.3. The molecule has 1 heterocycles. The summed E-state index contributed by atoms with van der Waals surface area (Å²) < 4.78 is 5.39. The first-order valence-electron chi connectivity index (χ1n) is 6.21. The Bertz CT molecular complexity index is 557. The van der Waals surface area contributed by atoms with Crippen molar-refractivity contribution in [2.75, 3.05) is 0 Å². The van der Waals surface area contributed by atoms with Gasteiger partial charge in [-0.05, 0) is 18.9 Å². The summed E-state index contributed by atoms with van der Waals surface area (Å²) in [6.07, 6.45) is 4.76. The first-order chi connectivity index (χ1) is 8.84. The van der Waals surface area contributed by atoms with Crippen molar-refractivity contribution in [2.45, 2.75) is 25.9 Å². The summed E-state index contributed by atoms with van der Waals surface area (Å²) >= 11 is 0. The number of fused-ring (bicyclic) bond motifs is 1. The minimum Gasteiger partial charge on any atom is -0.464 e. The molecule has 1 aromatic carbocycles. The molecule has 0 atom stereocenters.